The summed E-state index contributed by atoms with van der Waals surface area (Å²) in [4.78, 5) is 3.80. The number of nitrogens with zero attached hydrogens (tertiary/aromatic N) is 3. The molecule has 0 amide bonds. The Bertz CT molecular complexity index is 1030. The molecule has 0 bridgehead atoms. The fraction of sp³-hybridized carbons (Fsp3) is 0.316. The Hall–Kier alpha value is -2.76. The van der Waals surface area contributed by atoms with E-state index in [-0.39, 0.29) is 12.0 Å². The molecule has 2 atom stereocenters. The van der Waals surface area contributed by atoms with Crippen molar-refractivity contribution in [1.29, 1.82) is 0 Å². The average Bonchev–Trinajstić information content (AvgIpc) is 3.26. The summed E-state index contributed by atoms with van der Waals surface area (Å²) in [7, 11) is -3.45. The summed E-state index contributed by atoms with van der Waals surface area (Å²) < 4.78 is 57.0. The lowest BCUT2D eigenvalue weighted by atomic mass is 10.0. The van der Waals surface area contributed by atoms with Gasteiger partial charge >= 0.3 is 6.43 Å². The molecule has 0 aliphatic carbocycles. The molecule has 2 N–H and O–H groups in total. The van der Waals surface area contributed by atoms with E-state index in [1.807, 2.05) is 30.3 Å². The highest BCUT2D eigenvalue weighted by Gasteiger charge is 2.30. The number of alkyl halides is 2. The molecule has 3 heterocycles. The highest BCUT2D eigenvalue weighted by atomic mass is 32.2. The van der Waals surface area contributed by atoms with E-state index in [1.165, 1.54) is 6.20 Å². The molecule has 0 saturated carbocycles. The van der Waals surface area contributed by atoms with Gasteiger partial charge in [-0.1, -0.05) is 30.3 Å². The third kappa shape index (κ3) is 5.88. The number of pyridine rings is 1. The van der Waals surface area contributed by atoms with Crippen LogP contribution in [0.2, 0.25) is 0 Å². The molecule has 2 unspecified atom stereocenters. The minimum atomic E-state index is -3.45. The third-order valence-corrected chi connectivity index (χ3v) is 5.76. The van der Waals surface area contributed by atoms with Crippen molar-refractivity contribution >= 4 is 10.0 Å². The summed E-state index contributed by atoms with van der Waals surface area (Å²) >= 11 is 0. The summed E-state index contributed by atoms with van der Waals surface area (Å²) in [6, 6.07) is 12.9. The molecule has 3 aromatic rings. The van der Waals surface area contributed by atoms with E-state index in [4.69, 9.17) is 14.3 Å². The Morgan fingerprint density at radius 2 is 1.87 bits per heavy atom. The van der Waals surface area contributed by atoms with Crippen molar-refractivity contribution in [1.82, 2.24) is 15.2 Å². The first-order chi connectivity index (χ1) is 14.3. The molecule has 11 heteroatoms. The van der Waals surface area contributed by atoms with Crippen LogP contribution in [0.5, 0.6) is 0 Å². The Balaban J connectivity index is 0.000000172. The maximum atomic E-state index is 12.1. The fourth-order valence-electron chi connectivity index (χ4n) is 2.89. The van der Waals surface area contributed by atoms with Crippen LogP contribution in [0.15, 0.2) is 59.3 Å². The zero-order chi connectivity index (χ0) is 21.6. The molecule has 1 saturated heterocycles. The van der Waals surface area contributed by atoms with E-state index in [1.54, 1.807) is 18.3 Å². The minimum absolute atomic E-state index is 0.0494. The van der Waals surface area contributed by atoms with E-state index >= 15 is 0 Å². The van der Waals surface area contributed by atoms with Crippen molar-refractivity contribution < 1.29 is 26.4 Å². The number of sulfonamides is 1. The predicted octanol–water partition coefficient (Wildman–Crippen LogP) is 3.26. The van der Waals surface area contributed by atoms with E-state index in [0.717, 1.165) is 5.56 Å². The van der Waals surface area contributed by atoms with Crippen LogP contribution < -0.4 is 5.14 Å². The van der Waals surface area contributed by atoms with Crippen molar-refractivity contribution in [2.24, 2.45) is 5.14 Å². The Labute approximate surface area is 172 Å². The lowest BCUT2D eigenvalue weighted by Crippen LogP contribution is -2.35. The normalized spacial score (nSPS) is 19.2. The molecule has 0 spiro atoms. The number of primary sulfonamides is 1. The molecule has 8 nitrogen and oxygen atoms in total. The molecule has 1 aliphatic heterocycles. The number of rotatable bonds is 4. The van der Waals surface area contributed by atoms with Crippen molar-refractivity contribution in [2.45, 2.75) is 30.6 Å². The van der Waals surface area contributed by atoms with Crippen LogP contribution in [0, 0.1) is 0 Å². The molecule has 1 aliphatic rings. The van der Waals surface area contributed by atoms with Crippen molar-refractivity contribution in [3.63, 3.8) is 0 Å². The lowest BCUT2D eigenvalue weighted by molar-refractivity contribution is 0.0166. The number of nitrogens with two attached hydrogens (primary N) is 1. The largest absolute Gasteiger partial charge is 0.415 e. The highest BCUT2D eigenvalue weighted by Crippen LogP contribution is 2.30. The summed E-state index contributed by atoms with van der Waals surface area (Å²) in [6.45, 7) is 0.445. The predicted molar refractivity (Wildman–Crippen MR) is 104 cm³/mol. The second-order valence-corrected chi connectivity index (χ2v) is 8.34. The Morgan fingerprint density at radius 1 is 1.10 bits per heavy atom. The molecular weight excluding hydrogens is 418 g/mol. The van der Waals surface area contributed by atoms with E-state index < -0.39 is 27.6 Å². The number of hydrogen-bond donors (Lipinski definition) is 1. The Morgan fingerprint density at radius 3 is 2.47 bits per heavy atom. The van der Waals surface area contributed by atoms with Crippen LogP contribution in [0.25, 0.3) is 11.5 Å². The van der Waals surface area contributed by atoms with Gasteiger partial charge in [0.1, 0.15) is 0 Å². The lowest BCUT2D eigenvalue weighted by Gasteiger charge is -2.28. The quantitative estimate of drug-likeness (QED) is 0.663. The first kappa shape index (κ1) is 21.9. The standard InChI is InChI=1S/C11H15NO3S.C8H5F2N3O/c12-16(13,14)10-6-7-15-11(8-10)9-4-2-1-3-5-9;9-6(10)8-13-12-7(14-8)5-2-1-3-11-4-5/h1-5,10-11H,6-8H2,(H2,12,13,14);1-4,6H. The van der Waals surface area contributed by atoms with Crippen LogP contribution in [-0.2, 0) is 14.8 Å². The van der Waals surface area contributed by atoms with Gasteiger partial charge in [0.25, 0.3) is 5.89 Å². The summed E-state index contributed by atoms with van der Waals surface area (Å²) in [5.41, 5.74) is 1.53. The summed E-state index contributed by atoms with van der Waals surface area (Å²) in [5, 5.41) is 11.4. The summed E-state index contributed by atoms with van der Waals surface area (Å²) in [5.74, 6) is -0.628. The molecule has 30 heavy (non-hydrogen) atoms. The van der Waals surface area contributed by atoms with Crippen molar-refractivity contribution in [2.75, 3.05) is 6.61 Å². The van der Waals surface area contributed by atoms with E-state index in [9.17, 15) is 17.2 Å². The second-order valence-electron chi connectivity index (χ2n) is 6.49. The second kappa shape index (κ2) is 9.83. The van der Waals surface area contributed by atoms with Gasteiger partial charge < -0.3 is 9.15 Å². The topological polar surface area (TPSA) is 121 Å². The van der Waals surface area contributed by atoms with E-state index in [2.05, 4.69) is 15.2 Å². The highest BCUT2D eigenvalue weighted by molar-refractivity contribution is 7.89. The van der Waals surface area contributed by atoms with Gasteiger partial charge in [0, 0.05) is 19.0 Å². The fourth-order valence-corrected chi connectivity index (χ4v) is 3.76. The van der Waals surface area contributed by atoms with Crippen molar-refractivity contribution in [3.8, 4) is 11.5 Å². The smallest absolute Gasteiger partial charge is 0.314 e. The van der Waals surface area contributed by atoms with Gasteiger partial charge in [0.15, 0.2) is 0 Å². The van der Waals surface area contributed by atoms with Gasteiger partial charge in [-0.3, -0.25) is 4.98 Å². The molecule has 160 valence electrons. The first-order valence-electron chi connectivity index (χ1n) is 9.04. The van der Waals surface area contributed by atoms with Crippen LogP contribution in [0.1, 0.15) is 36.8 Å². The number of hydrogen-bond acceptors (Lipinski definition) is 7. The number of benzene rings is 1. The Kier molecular flexibility index (Phi) is 7.19. The molecular formula is C19H20F2N4O4S. The van der Waals surface area contributed by atoms with Crippen LogP contribution in [-0.4, -0.2) is 35.5 Å². The number of aromatic nitrogens is 3. The zero-order valence-corrected chi connectivity index (χ0v) is 16.6. The zero-order valence-electron chi connectivity index (χ0n) is 15.8. The molecule has 1 aromatic carbocycles. The maximum absolute atomic E-state index is 12.1. The molecule has 0 radical (unpaired) electrons. The van der Waals surface area contributed by atoms with Gasteiger partial charge in [-0.05, 0) is 30.5 Å². The SMILES string of the molecule is FC(F)c1nnc(-c2cccnc2)o1.NS(=O)(=O)C1CCOC(c2ccccc2)C1. The number of halogens is 2. The van der Waals surface area contributed by atoms with Crippen LogP contribution >= 0.6 is 0 Å². The van der Waals surface area contributed by atoms with Gasteiger partial charge in [0.05, 0.1) is 16.9 Å². The monoisotopic (exact) mass is 438 g/mol. The number of ether oxygens (including phenoxy) is 1. The first-order valence-corrected chi connectivity index (χ1v) is 10.7. The summed E-state index contributed by atoms with van der Waals surface area (Å²) in [6.07, 6.45) is 1.06. The molecule has 4 rings (SSSR count). The minimum Gasteiger partial charge on any atom is -0.415 e. The maximum Gasteiger partial charge on any atom is 0.314 e. The molecule has 1 fully saturated rings. The van der Waals surface area contributed by atoms with Gasteiger partial charge in [-0.25, -0.2) is 13.6 Å². The van der Waals surface area contributed by atoms with Gasteiger partial charge in [0.2, 0.25) is 15.9 Å². The average molecular weight is 438 g/mol. The van der Waals surface area contributed by atoms with Gasteiger partial charge in [-0.15, -0.1) is 10.2 Å². The van der Waals surface area contributed by atoms with Crippen molar-refractivity contribution in [3.05, 3.63) is 66.3 Å². The third-order valence-electron chi connectivity index (χ3n) is 4.41. The molecule has 2 aromatic heterocycles. The van der Waals surface area contributed by atoms with Crippen LogP contribution in [0.4, 0.5) is 8.78 Å². The van der Waals surface area contributed by atoms with E-state index in [0.29, 0.717) is 25.0 Å². The van der Waals surface area contributed by atoms with Gasteiger partial charge in [-0.2, -0.15) is 8.78 Å². The van der Waals surface area contributed by atoms with Crippen LogP contribution in [0.3, 0.4) is 0 Å².